The lowest BCUT2D eigenvalue weighted by Gasteiger charge is -2.46. The van der Waals surface area contributed by atoms with E-state index < -0.39 is 18.2 Å². The Labute approximate surface area is 154 Å². The predicted octanol–water partition coefficient (Wildman–Crippen LogP) is 1.75. The van der Waals surface area contributed by atoms with Crippen molar-refractivity contribution in [2.24, 2.45) is 0 Å². The summed E-state index contributed by atoms with van der Waals surface area (Å²) in [6, 6.07) is 1.90. The summed E-state index contributed by atoms with van der Waals surface area (Å²) in [7, 11) is 0. The summed E-state index contributed by atoms with van der Waals surface area (Å²) in [5.74, 6) is -0.338. The van der Waals surface area contributed by atoms with Gasteiger partial charge < -0.3 is 20.0 Å². The molecule has 25 heavy (non-hydrogen) atoms. The van der Waals surface area contributed by atoms with E-state index in [4.69, 9.17) is 23.2 Å². The van der Waals surface area contributed by atoms with Gasteiger partial charge in [0, 0.05) is 25.1 Å². The first-order valence-electron chi connectivity index (χ1n) is 8.34. The van der Waals surface area contributed by atoms with Crippen LogP contribution in [0.5, 0.6) is 5.75 Å². The fourth-order valence-corrected chi connectivity index (χ4v) is 4.82. The predicted molar refractivity (Wildman–Crippen MR) is 91.7 cm³/mol. The minimum atomic E-state index is -0.651. The molecular weight excluding hydrogens is 367 g/mol. The van der Waals surface area contributed by atoms with Crippen LogP contribution in [0, 0.1) is 0 Å². The van der Waals surface area contributed by atoms with Crippen LogP contribution in [0.25, 0.3) is 0 Å². The van der Waals surface area contributed by atoms with Crippen LogP contribution in [0.4, 0.5) is 0 Å². The fraction of sp³-hybridized carbons (Fsp3) is 0.529. The third-order valence-corrected chi connectivity index (χ3v) is 6.35. The highest BCUT2D eigenvalue weighted by molar-refractivity contribution is 6.42. The number of piperazine rings is 1. The minimum absolute atomic E-state index is 0.0527. The smallest absolute Gasteiger partial charge is 0.246 e. The third-order valence-electron chi connectivity index (χ3n) is 5.54. The van der Waals surface area contributed by atoms with E-state index in [-0.39, 0.29) is 30.0 Å². The first-order chi connectivity index (χ1) is 11.9. The van der Waals surface area contributed by atoms with Crippen LogP contribution in [0.1, 0.15) is 30.7 Å². The Bertz CT molecular complexity index is 756. The molecule has 4 atom stereocenters. The Morgan fingerprint density at radius 1 is 1.04 bits per heavy atom. The maximum Gasteiger partial charge on any atom is 0.246 e. The molecule has 134 valence electrons. The second-order valence-corrected chi connectivity index (χ2v) is 7.74. The van der Waals surface area contributed by atoms with Gasteiger partial charge in [-0.1, -0.05) is 23.2 Å². The van der Waals surface area contributed by atoms with Crippen molar-refractivity contribution < 1.29 is 19.8 Å². The molecule has 3 heterocycles. The summed E-state index contributed by atoms with van der Waals surface area (Å²) < 4.78 is 0. The number of nitrogens with zero attached hydrogens (tertiary/aromatic N) is 2. The van der Waals surface area contributed by atoms with E-state index in [1.807, 2.05) is 0 Å². The zero-order valence-corrected chi connectivity index (χ0v) is 14.9. The largest absolute Gasteiger partial charge is 0.508 e. The average molecular weight is 385 g/mol. The molecule has 2 N–H and O–H groups in total. The number of piperidine rings is 1. The summed E-state index contributed by atoms with van der Waals surface area (Å²) in [4.78, 5) is 28.6. The van der Waals surface area contributed by atoms with Crippen LogP contribution in [-0.4, -0.2) is 63.1 Å². The number of hydrogen-bond donors (Lipinski definition) is 2. The molecule has 0 radical (unpaired) electrons. The van der Waals surface area contributed by atoms with Gasteiger partial charge in [0.1, 0.15) is 17.8 Å². The molecule has 0 aliphatic carbocycles. The number of phenolic OH excluding ortho intramolecular Hbond substituents is 1. The number of aliphatic hydroxyl groups excluding tert-OH is 1. The Kier molecular flexibility index (Phi) is 4.09. The topological polar surface area (TPSA) is 81.1 Å². The van der Waals surface area contributed by atoms with Gasteiger partial charge in [0.15, 0.2) is 0 Å². The first-order valence-corrected chi connectivity index (χ1v) is 9.10. The number of halogens is 2. The highest BCUT2D eigenvalue weighted by atomic mass is 35.5. The van der Waals surface area contributed by atoms with Gasteiger partial charge in [-0.05, 0) is 30.9 Å². The fourth-order valence-electron chi connectivity index (χ4n) is 4.34. The number of carbonyl (C=O) groups excluding carboxylic acids is 2. The van der Waals surface area contributed by atoms with E-state index in [1.54, 1.807) is 4.90 Å². The minimum Gasteiger partial charge on any atom is -0.508 e. The molecule has 3 saturated heterocycles. The molecule has 3 aliphatic rings. The summed E-state index contributed by atoms with van der Waals surface area (Å²) in [5.41, 5.74) is 0.539. The molecule has 0 spiro atoms. The highest BCUT2D eigenvalue weighted by Crippen LogP contribution is 2.44. The summed E-state index contributed by atoms with van der Waals surface area (Å²) in [6.45, 7) is 0.621. The lowest BCUT2D eigenvalue weighted by molar-refractivity contribution is -0.161. The van der Waals surface area contributed by atoms with E-state index in [0.29, 0.717) is 41.4 Å². The Morgan fingerprint density at radius 2 is 1.72 bits per heavy atom. The van der Waals surface area contributed by atoms with Crippen LogP contribution in [0.2, 0.25) is 10.0 Å². The molecule has 3 fully saturated rings. The van der Waals surface area contributed by atoms with Crippen molar-refractivity contribution in [3.8, 4) is 5.75 Å². The molecule has 0 aromatic heterocycles. The number of aromatic hydroxyl groups is 1. The Hall–Kier alpha value is -1.50. The van der Waals surface area contributed by atoms with Crippen molar-refractivity contribution in [1.29, 1.82) is 0 Å². The van der Waals surface area contributed by atoms with Crippen LogP contribution in [-0.2, 0) is 9.59 Å². The number of carbonyl (C=O) groups is 2. The second-order valence-electron chi connectivity index (χ2n) is 6.96. The van der Waals surface area contributed by atoms with Crippen LogP contribution in [0.15, 0.2) is 12.1 Å². The number of amides is 2. The number of phenols is 1. The van der Waals surface area contributed by atoms with Gasteiger partial charge in [-0.15, -0.1) is 0 Å². The number of hydrogen-bond acceptors (Lipinski definition) is 4. The van der Waals surface area contributed by atoms with E-state index in [2.05, 4.69) is 0 Å². The van der Waals surface area contributed by atoms with Crippen LogP contribution < -0.4 is 0 Å². The first kappa shape index (κ1) is 16.9. The Balaban J connectivity index is 1.64. The zero-order valence-electron chi connectivity index (χ0n) is 13.4. The SMILES string of the molecule is O=C1C2CC(O)CN2C(=O)C2CC(c3c(O)ccc(Cl)c3Cl)CCN12. The van der Waals surface area contributed by atoms with Gasteiger partial charge >= 0.3 is 0 Å². The number of fused-ring (bicyclic) bond motifs is 2. The molecule has 2 amide bonds. The van der Waals surface area contributed by atoms with E-state index in [9.17, 15) is 19.8 Å². The Morgan fingerprint density at radius 3 is 2.48 bits per heavy atom. The highest BCUT2D eigenvalue weighted by Gasteiger charge is 2.52. The van der Waals surface area contributed by atoms with Gasteiger partial charge in [0.2, 0.25) is 11.8 Å². The van der Waals surface area contributed by atoms with Gasteiger partial charge in [0.05, 0.1) is 16.1 Å². The van der Waals surface area contributed by atoms with Crippen LogP contribution in [0.3, 0.4) is 0 Å². The molecular formula is C17H18Cl2N2O4. The van der Waals surface area contributed by atoms with Crippen LogP contribution >= 0.6 is 23.2 Å². The summed E-state index contributed by atoms with van der Waals surface area (Å²) >= 11 is 12.4. The number of rotatable bonds is 1. The monoisotopic (exact) mass is 384 g/mol. The van der Waals surface area contributed by atoms with Crippen molar-refractivity contribution >= 4 is 35.0 Å². The quantitative estimate of drug-likeness (QED) is 0.772. The number of benzene rings is 1. The standard InChI is InChI=1S/C17H18Cl2N2O4/c18-10-1-2-13(23)14(15(10)19)8-3-4-20-11(5-8)17(25)21-7-9(22)6-12(21)16(20)24/h1-2,8-9,11-12,22-23H,3-7H2. The molecule has 1 aromatic rings. The van der Waals surface area contributed by atoms with Crippen molar-refractivity contribution in [1.82, 2.24) is 9.80 Å². The lowest BCUT2D eigenvalue weighted by Crippen LogP contribution is -2.64. The molecule has 6 nitrogen and oxygen atoms in total. The van der Waals surface area contributed by atoms with Crippen molar-refractivity contribution in [2.75, 3.05) is 13.1 Å². The summed E-state index contributed by atoms with van der Waals surface area (Å²) in [6.07, 6.45) is 0.634. The molecule has 0 bridgehead atoms. The molecule has 1 aromatic carbocycles. The maximum atomic E-state index is 12.8. The maximum absolute atomic E-state index is 12.8. The van der Waals surface area contributed by atoms with Gasteiger partial charge in [-0.3, -0.25) is 9.59 Å². The second kappa shape index (κ2) is 6.04. The normalized spacial score (nSPS) is 32.0. The van der Waals surface area contributed by atoms with E-state index in [1.165, 1.54) is 17.0 Å². The third kappa shape index (κ3) is 2.58. The zero-order chi connectivity index (χ0) is 17.9. The van der Waals surface area contributed by atoms with Crippen molar-refractivity contribution in [3.63, 3.8) is 0 Å². The summed E-state index contributed by atoms with van der Waals surface area (Å²) in [5, 5.41) is 20.7. The van der Waals surface area contributed by atoms with E-state index in [0.717, 1.165) is 0 Å². The van der Waals surface area contributed by atoms with Gasteiger partial charge in [-0.25, -0.2) is 0 Å². The molecule has 4 rings (SSSR count). The molecule has 8 heteroatoms. The van der Waals surface area contributed by atoms with Crippen molar-refractivity contribution in [3.05, 3.63) is 27.7 Å². The lowest BCUT2D eigenvalue weighted by atomic mass is 9.83. The average Bonchev–Trinajstić information content (AvgIpc) is 2.98. The molecule has 0 saturated carbocycles. The number of aliphatic hydroxyl groups is 1. The van der Waals surface area contributed by atoms with E-state index >= 15 is 0 Å². The molecule has 3 aliphatic heterocycles. The molecule has 4 unspecified atom stereocenters. The van der Waals surface area contributed by atoms with Crippen molar-refractivity contribution in [2.45, 2.75) is 43.4 Å². The van der Waals surface area contributed by atoms with Gasteiger partial charge in [0.25, 0.3) is 0 Å². The van der Waals surface area contributed by atoms with Gasteiger partial charge in [-0.2, -0.15) is 0 Å².